The summed E-state index contributed by atoms with van der Waals surface area (Å²) in [5.74, 6) is -0.0231. The lowest BCUT2D eigenvalue weighted by atomic mass is 10.4. The standard InChI is InChI=1S/C7H11N3O/c1-9(2)7(11)6-4-5-8-10(6)3/h4-5H,1-3H3. The van der Waals surface area contributed by atoms with Gasteiger partial charge in [-0.3, -0.25) is 9.48 Å². The minimum absolute atomic E-state index is 0.0231. The maximum Gasteiger partial charge on any atom is 0.271 e. The van der Waals surface area contributed by atoms with Crippen LogP contribution in [0.15, 0.2) is 12.3 Å². The molecule has 0 N–H and O–H groups in total. The van der Waals surface area contributed by atoms with Crippen molar-refractivity contribution in [3.63, 3.8) is 0 Å². The number of hydrogen-bond acceptors (Lipinski definition) is 2. The van der Waals surface area contributed by atoms with Crippen molar-refractivity contribution in [3.8, 4) is 0 Å². The molecular formula is C7H11N3O. The molecule has 60 valence electrons. The van der Waals surface area contributed by atoms with Crippen LogP contribution in [-0.2, 0) is 7.05 Å². The fourth-order valence-corrected chi connectivity index (χ4v) is 0.813. The van der Waals surface area contributed by atoms with Gasteiger partial charge in [0.15, 0.2) is 0 Å². The summed E-state index contributed by atoms with van der Waals surface area (Å²) < 4.78 is 1.56. The number of carbonyl (C=O) groups excluding carboxylic acids is 1. The van der Waals surface area contributed by atoms with E-state index in [0.29, 0.717) is 5.69 Å². The number of carbonyl (C=O) groups is 1. The molecule has 0 saturated carbocycles. The Kier molecular flexibility index (Phi) is 1.94. The van der Waals surface area contributed by atoms with Gasteiger partial charge in [-0.25, -0.2) is 0 Å². The van der Waals surface area contributed by atoms with Crippen LogP contribution in [0, 0.1) is 0 Å². The van der Waals surface area contributed by atoms with Crippen molar-refractivity contribution in [2.45, 2.75) is 0 Å². The Morgan fingerprint density at radius 1 is 1.64 bits per heavy atom. The molecule has 1 amide bonds. The van der Waals surface area contributed by atoms with Crippen molar-refractivity contribution in [2.75, 3.05) is 14.1 Å². The summed E-state index contributed by atoms with van der Waals surface area (Å²) in [5.41, 5.74) is 0.606. The highest BCUT2D eigenvalue weighted by atomic mass is 16.2. The molecule has 1 rings (SSSR count). The van der Waals surface area contributed by atoms with Crippen LogP contribution >= 0.6 is 0 Å². The van der Waals surface area contributed by atoms with Crippen LogP contribution in [0.2, 0.25) is 0 Å². The van der Waals surface area contributed by atoms with E-state index in [2.05, 4.69) is 5.10 Å². The Balaban J connectivity index is 2.93. The third-order valence-electron chi connectivity index (χ3n) is 1.45. The first-order chi connectivity index (χ1) is 5.13. The normalized spacial score (nSPS) is 9.73. The SMILES string of the molecule is CN(C)C(=O)c1ccnn1C. The Morgan fingerprint density at radius 2 is 2.27 bits per heavy atom. The highest BCUT2D eigenvalue weighted by molar-refractivity contribution is 5.92. The number of rotatable bonds is 1. The Labute approximate surface area is 65.4 Å². The van der Waals surface area contributed by atoms with Crippen LogP contribution < -0.4 is 0 Å². The number of aryl methyl sites for hydroxylation is 1. The summed E-state index contributed by atoms with van der Waals surface area (Å²) in [4.78, 5) is 12.8. The van der Waals surface area contributed by atoms with E-state index >= 15 is 0 Å². The molecular weight excluding hydrogens is 142 g/mol. The summed E-state index contributed by atoms with van der Waals surface area (Å²) in [5, 5.41) is 3.89. The lowest BCUT2D eigenvalue weighted by Gasteiger charge is -2.09. The highest BCUT2D eigenvalue weighted by Crippen LogP contribution is 1.98. The molecule has 0 aliphatic heterocycles. The van der Waals surface area contributed by atoms with Gasteiger partial charge in [0, 0.05) is 27.3 Å². The second-order valence-corrected chi connectivity index (χ2v) is 2.54. The summed E-state index contributed by atoms with van der Waals surface area (Å²) >= 11 is 0. The zero-order valence-electron chi connectivity index (χ0n) is 6.90. The quantitative estimate of drug-likeness (QED) is 0.574. The summed E-state index contributed by atoms with van der Waals surface area (Å²) in [6.07, 6.45) is 1.61. The zero-order valence-corrected chi connectivity index (χ0v) is 6.90. The van der Waals surface area contributed by atoms with Crippen molar-refractivity contribution in [1.29, 1.82) is 0 Å². The highest BCUT2D eigenvalue weighted by Gasteiger charge is 2.10. The summed E-state index contributed by atoms with van der Waals surface area (Å²) in [7, 11) is 5.18. The van der Waals surface area contributed by atoms with Gasteiger partial charge in [0.2, 0.25) is 0 Å². The lowest BCUT2D eigenvalue weighted by molar-refractivity contribution is 0.0817. The minimum Gasteiger partial charge on any atom is -0.343 e. The molecule has 1 aromatic rings. The van der Waals surface area contributed by atoms with E-state index in [4.69, 9.17) is 0 Å². The third kappa shape index (κ3) is 1.39. The van der Waals surface area contributed by atoms with Crippen molar-refractivity contribution in [2.24, 2.45) is 7.05 Å². The fourth-order valence-electron chi connectivity index (χ4n) is 0.813. The first kappa shape index (κ1) is 7.78. The maximum absolute atomic E-state index is 11.3. The molecule has 0 atom stereocenters. The van der Waals surface area contributed by atoms with Crippen molar-refractivity contribution >= 4 is 5.91 Å². The molecule has 4 nitrogen and oxygen atoms in total. The molecule has 4 heteroatoms. The van der Waals surface area contributed by atoms with Gasteiger partial charge in [-0.05, 0) is 6.07 Å². The van der Waals surface area contributed by atoms with Crippen LogP contribution in [0.5, 0.6) is 0 Å². The van der Waals surface area contributed by atoms with E-state index in [1.54, 1.807) is 38.1 Å². The Hall–Kier alpha value is -1.32. The second kappa shape index (κ2) is 2.74. The van der Waals surface area contributed by atoms with Crippen LogP contribution in [-0.4, -0.2) is 34.7 Å². The van der Waals surface area contributed by atoms with Crippen LogP contribution in [0.25, 0.3) is 0 Å². The molecule has 0 saturated heterocycles. The lowest BCUT2D eigenvalue weighted by Crippen LogP contribution is -2.24. The van der Waals surface area contributed by atoms with E-state index in [9.17, 15) is 4.79 Å². The number of amides is 1. The smallest absolute Gasteiger partial charge is 0.271 e. The van der Waals surface area contributed by atoms with Crippen LogP contribution in [0.1, 0.15) is 10.5 Å². The first-order valence-corrected chi connectivity index (χ1v) is 3.32. The minimum atomic E-state index is -0.0231. The van der Waals surface area contributed by atoms with Crippen molar-refractivity contribution in [3.05, 3.63) is 18.0 Å². The van der Waals surface area contributed by atoms with Gasteiger partial charge in [0.25, 0.3) is 5.91 Å². The van der Waals surface area contributed by atoms with E-state index in [1.807, 2.05) is 0 Å². The number of aromatic nitrogens is 2. The predicted octanol–water partition coefficient (Wildman–Crippen LogP) is 0.122. The first-order valence-electron chi connectivity index (χ1n) is 3.32. The number of nitrogens with zero attached hydrogens (tertiary/aromatic N) is 3. The van der Waals surface area contributed by atoms with E-state index in [1.165, 1.54) is 4.90 Å². The van der Waals surface area contributed by atoms with Crippen molar-refractivity contribution in [1.82, 2.24) is 14.7 Å². The molecule has 0 unspecified atom stereocenters. The molecule has 1 heterocycles. The molecule has 0 bridgehead atoms. The van der Waals surface area contributed by atoms with Crippen LogP contribution in [0.3, 0.4) is 0 Å². The topological polar surface area (TPSA) is 38.1 Å². The average molecular weight is 153 g/mol. The Bertz CT molecular complexity index is 264. The third-order valence-corrected chi connectivity index (χ3v) is 1.45. The van der Waals surface area contributed by atoms with Crippen LogP contribution in [0.4, 0.5) is 0 Å². The fraction of sp³-hybridized carbons (Fsp3) is 0.429. The average Bonchev–Trinajstić information content (AvgIpc) is 2.33. The van der Waals surface area contributed by atoms with Gasteiger partial charge in [-0.2, -0.15) is 5.10 Å². The maximum atomic E-state index is 11.3. The predicted molar refractivity (Wildman–Crippen MR) is 41.2 cm³/mol. The summed E-state index contributed by atoms with van der Waals surface area (Å²) in [6, 6.07) is 1.70. The van der Waals surface area contributed by atoms with Gasteiger partial charge in [-0.15, -0.1) is 0 Å². The summed E-state index contributed by atoms with van der Waals surface area (Å²) in [6.45, 7) is 0. The monoisotopic (exact) mass is 153 g/mol. The molecule has 11 heavy (non-hydrogen) atoms. The molecule has 0 fully saturated rings. The van der Waals surface area contributed by atoms with Gasteiger partial charge >= 0.3 is 0 Å². The van der Waals surface area contributed by atoms with E-state index < -0.39 is 0 Å². The van der Waals surface area contributed by atoms with Gasteiger partial charge in [0.05, 0.1) is 0 Å². The molecule has 0 aliphatic rings. The molecule has 1 aromatic heterocycles. The Morgan fingerprint density at radius 3 is 2.64 bits per heavy atom. The van der Waals surface area contributed by atoms with Gasteiger partial charge < -0.3 is 4.90 Å². The largest absolute Gasteiger partial charge is 0.343 e. The van der Waals surface area contributed by atoms with Crippen molar-refractivity contribution < 1.29 is 4.79 Å². The van der Waals surface area contributed by atoms with Gasteiger partial charge in [0.1, 0.15) is 5.69 Å². The number of hydrogen-bond donors (Lipinski definition) is 0. The molecule has 0 aromatic carbocycles. The van der Waals surface area contributed by atoms with E-state index in [0.717, 1.165) is 0 Å². The molecule has 0 aliphatic carbocycles. The van der Waals surface area contributed by atoms with Gasteiger partial charge in [-0.1, -0.05) is 0 Å². The molecule has 0 spiro atoms. The zero-order chi connectivity index (χ0) is 8.43. The van der Waals surface area contributed by atoms with E-state index in [-0.39, 0.29) is 5.91 Å². The second-order valence-electron chi connectivity index (χ2n) is 2.54. The molecule has 0 radical (unpaired) electrons.